The van der Waals surface area contributed by atoms with Gasteiger partial charge in [0.15, 0.2) is 0 Å². The van der Waals surface area contributed by atoms with Crippen molar-refractivity contribution in [1.29, 1.82) is 0 Å². The molecular formula is C16H19NO4S2. The molecule has 2 aromatic rings. The zero-order valence-corrected chi connectivity index (χ0v) is 15.0. The quantitative estimate of drug-likeness (QED) is 0.837. The molecule has 5 nitrogen and oxygen atoms in total. The van der Waals surface area contributed by atoms with Gasteiger partial charge in [-0.2, -0.15) is 0 Å². The number of carbonyl (C=O) groups excluding carboxylic acids is 1. The smallest absolute Gasteiger partial charge is 0.315 e. The Balaban J connectivity index is 2.22. The highest BCUT2D eigenvalue weighted by molar-refractivity contribution is 7.94. The first-order valence-electron chi connectivity index (χ1n) is 6.95. The predicted molar refractivity (Wildman–Crippen MR) is 91.3 cm³/mol. The number of anilines is 1. The van der Waals surface area contributed by atoms with Gasteiger partial charge in [0.05, 0.1) is 12.5 Å². The number of nitrogens with one attached hydrogen (secondary N) is 1. The molecule has 1 aromatic carbocycles. The zero-order chi connectivity index (χ0) is 17.3. The molecule has 23 heavy (non-hydrogen) atoms. The second-order valence-electron chi connectivity index (χ2n) is 5.66. The Morgan fingerprint density at radius 3 is 2.22 bits per heavy atom. The number of hydrogen-bond acceptors (Lipinski definition) is 5. The van der Waals surface area contributed by atoms with E-state index in [9.17, 15) is 13.2 Å². The summed E-state index contributed by atoms with van der Waals surface area (Å²) in [6.45, 7) is 5.37. The predicted octanol–water partition coefficient (Wildman–Crippen LogP) is 3.31. The van der Waals surface area contributed by atoms with E-state index < -0.39 is 15.4 Å². The van der Waals surface area contributed by atoms with Gasteiger partial charge in [-0.25, -0.2) is 8.42 Å². The molecule has 7 heteroatoms. The highest BCUT2D eigenvalue weighted by atomic mass is 32.2. The second-order valence-corrected chi connectivity index (χ2v) is 8.86. The zero-order valence-electron chi connectivity index (χ0n) is 13.4. The van der Waals surface area contributed by atoms with Crippen molar-refractivity contribution in [1.82, 2.24) is 0 Å². The van der Waals surface area contributed by atoms with Crippen molar-refractivity contribution in [3.63, 3.8) is 0 Å². The number of aryl methyl sites for hydroxylation is 1. The maximum Gasteiger partial charge on any atom is 0.315 e. The van der Waals surface area contributed by atoms with E-state index in [1.165, 1.54) is 18.4 Å². The lowest BCUT2D eigenvalue weighted by molar-refractivity contribution is -0.146. The standard InChI is InChI=1S/C16H19NO4S2/c1-11-5-10-14(22-11)23(19,20)17-13-8-6-12(7-9-13)16(2,3)15(18)21-4/h5-10,17H,1-4H3. The molecule has 1 heterocycles. The fourth-order valence-electron chi connectivity index (χ4n) is 2.09. The van der Waals surface area contributed by atoms with Gasteiger partial charge in [0.1, 0.15) is 4.21 Å². The highest BCUT2D eigenvalue weighted by Gasteiger charge is 2.30. The van der Waals surface area contributed by atoms with Crippen LogP contribution >= 0.6 is 11.3 Å². The maximum absolute atomic E-state index is 12.3. The molecule has 1 aromatic heterocycles. The van der Waals surface area contributed by atoms with Crippen LogP contribution < -0.4 is 4.72 Å². The molecular weight excluding hydrogens is 334 g/mol. The molecule has 1 N–H and O–H groups in total. The Bertz CT molecular complexity index is 805. The lowest BCUT2D eigenvalue weighted by atomic mass is 9.85. The first-order valence-corrected chi connectivity index (χ1v) is 9.25. The van der Waals surface area contributed by atoms with Crippen molar-refractivity contribution in [2.75, 3.05) is 11.8 Å². The van der Waals surface area contributed by atoms with E-state index in [4.69, 9.17) is 4.74 Å². The first-order chi connectivity index (χ1) is 10.7. The van der Waals surface area contributed by atoms with E-state index in [0.29, 0.717) is 5.69 Å². The number of carbonyl (C=O) groups is 1. The van der Waals surface area contributed by atoms with E-state index in [1.807, 2.05) is 6.92 Å². The lowest BCUT2D eigenvalue weighted by Crippen LogP contribution is -2.30. The molecule has 0 aliphatic carbocycles. The third kappa shape index (κ3) is 3.73. The molecule has 0 aliphatic heterocycles. The van der Waals surface area contributed by atoms with Gasteiger partial charge in [0.2, 0.25) is 0 Å². The summed E-state index contributed by atoms with van der Waals surface area (Å²) < 4.78 is 32.2. The summed E-state index contributed by atoms with van der Waals surface area (Å²) in [4.78, 5) is 12.7. The van der Waals surface area contributed by atoms with Gasteiger partial charge in [0.25, 0.3) is 10.0 Å². The van der Waals surface area contributed by atoms with Crippen LogP contribution in [0.1, 0.15) is 24.3 Å². The summed E-state index contributed by atoms with van der Waals surface area (Å²) in [5, 5.41) is 0. The minimum absolute atomic E-state index is 0.272. The van der Waals surface area contributed by atoms with Gasteiger partial charge in [-0.05, 0) is 50.6 Å². The molecule has 2 rings (SSSR count). The molecule has 0 fully saturated rings. The van der Waals surface area contributed by atoms with Crippen LogP contribution in [0.3, 0.4) is 0 Å². The van der Waals surface area contributed by atoms with E-state index in [-0.39, 0.29) is 10.2 Å². The Hall–Kier alpha value is -1.86. The Labute approximate surface area is 140 Å². The number of methoxy groups -OCH3 is 1. The third-order valence-corrected chi connectivity index (χ3v) is 6.41. The van der Waals surface area contributed by atoms with Gasteiger partial charge in [-0.15, -0.1) is 11.3 Å². The number of thiophene rings is 1. The molecule has 0 atom stereocenters. The summed E-state index contributed by atoms with van der Waals surface area (Å²) in [6.07, 6.45) is 0. The third-order valence-electron chi connectivity index (χ3n) is 3.54. The molecule has 0 bridgehead atoms. The Kier molecular flexibility index (Phi) is 4.81. The van der Waals surface area contributed by atoms with Crippen LogP contribution in [-0.2, 0) is 25.0 Å². The average Bonchev–Trinajstić information content (AvgIpc) is 2.94. The van der Waals surface area contributed by atoms with Gasteiger partial charge in [-0.1, -0.05) is 12.1 Å². The van der Waals surface area contributed by atoms with Gasteiger partial charge >= 0.3 is 5.97 Å². The van der Waals surface area contributed by atoms with Crippen LogP contribution in [0.15, 0.2) is 40.6 Å². The SMILES string of the molecule is COC(=O)C(C)(C)c1ccc(NS(=O)(=O)c2ccc(C)s2)cc1. The van der Waals surface area contributed by atoms with Crippen molar-refractivity contribution in [2.24, 2.45) is 0 Å². The van der Waals surface area contributed by atoms with E-state index >= 15 is 0 Å². The number of rotatable bonds is 5. The average molecular weight is 353 g/mol. The Morgan fingerprint density at radius 1 is 1.13 bits per heavy atom. The van der Waals surface area contributed by atoms with Crippen LogP contribution in [-0.4, -0.2) is 21.5 Å². The van der Waals surface area contributed by atoms with Crippen molar-refractivity contribution in [3.05, 3.63) is 46.8 Å². The largest absolute Gasteiger partial charge is 0.468 e. The fraction of sp³-hybridized carbons (Fsp3) is 0.312. The number of esters is 1. The van der Waals surface area contributed by atoms with Crippen LogP contribution in [0.5, 0.6) is 0 Å². The highest BCUT2D eigenvalue weighted by Crippen LogP contribution is 2.27. The van der Waals surface area contributed by atoms with E-state index in [0.717, 1.165) is 10.4 Å². The topological polar surface area (TPSA) is 72.5 Å². The summed E-state index contributed by atoms with van der Waals surface area (Å²) >= 11 is 1.22. The fourth-order valence-corrected chi connectivity index (χ4v) is 4.43. The molecule has 0 saturated carbocycles. The summed E-state index contributed by atoms with van der Waals surface area (Å²) in [7, 11) is -2.24. The summed E-state index contributed by atoms with van der Waals surface area (Å²) in [6, 6.07) is 10.1. The number of benzene rings is 1. The minimum Gasteiger partial charge on any atom is -0.468 e. The number of sulfonamides is 1. The monoisotopic (exact) mass is 353 g/mol. The molecule has 0 aliphatic rings. The van der Waals surface area contributed by atoms with Crippen molar-refractivity contribution in [3.8, 4) is 0 Å². The van der Waals surface area contributed by atoms with Crippen molar-refractivity contribution in [2.45, 2.75) is 30.4 Å². The van der Waals surface area contributed by atoms with Crippen LogP contribution in [0.4, 0.5) is 5.69 Å². The molecule has 0 saturated heterocycles. The van der Waals surface area contributed by atoms with Gasteiger partial charge in [-0.3, -0.25) is 9.52 Å². The first kappa shape index (κ1) is 17.5. The number of ether oxygens (including phenoxy) is 1. The molecule has 0 unspecified atom stereocenters. The van der Waals surface area contributed by atoms with Gasteiger partial charge in [0, 0.05) is 10.6 Å². The van der Waals surface area contributed by atoms with Crippen molar-refractivity contribution < 1.29 is 17.9 Å². The molecule has 124 valence electrons. The van der Waals surface area contributed by atoms with Crippen LogP contribution in [0.2, 0.25) is 0 Å². The second kappa shape index (κ2) is 6.33. The van der Waals surface area contributed by atoms with E-state index in [2.05, 4.69) is 4.72 Å². The summed E-state index contributed by atoms with van der Waals surface area (Å²) in [5.41, 5.74) is 0.400. The molecule has 0 radical (unpaired) electrons. The minimum atomic E-state index is -3.58. The maximum atomic E-state index is 12.3. The van der Waals surface area contributed by atoms with Crippen molar-refractivity contribution >= 4 is 33.0 Å². The van der Waals surface area contributed by atoms with Crippen LogP contribution in [0.25, 0.3) is 0 Å². The summed E-state index contributed by atoms with van der Waals surface area (Å²) in [5.74, 6) is -0.347. The molecule has 0 spiro atoms. The van der Waals surface area contributed by atoms with Gasteiger partial charge < -0.3 is 4.74 Å². The Morgan fingerprint density at radius 2 is 1.74 bits per heavy atom. The number of hydrogen-bond donors (Lipinski definition) is 1. The van der Waals surface area contributed by atoms with E-state index in [1.54, 1.807) is 50.2 Å². The van der Waals surface area contributed by atoms with Crippen LogP contribution in [0, 0.1) is 6.92 Å². The normalized spacial score (nSPS) is 12.0. The lowest BCUT2D eigenvalue weighted by Gasteiger charge is -2.22. The molecule has 0 amide bonds.